The van der Waals surface area contributed by atoms with E-state index in [-0.39, 0.29) is 0 Å². The highest BCUT2D eigenvalue weighted by Gasteiger charge is 2.20. The van der Waals surface area contributed by atoms with E-state index in [9.17, 15) is 0 Å². The van der Waals surface area contributed by atoms with Crippen LogP contribution < -0.4 is 0 Å². The quantitative estimate of drug-likeness (QED) is 0.662. The van der Waals surface area contributed by atoms with Crippen molar-refractivity contribution in [2.45, 2.75) is 39.5 Å². The molecule has 2 nitrogen and oxygen atoms in total. The van der Waals surface area contributed by atoms with Crippen molar-refractivity contribution in [2.24, 2.45) is 11.8 Å². The van der Waals surface area contributed by atoms with Gasteiger partial charge in [0, 0.05) is 13.2 Å². The van der Waals surface area contributed by atoms with Crippen LogP contribution in [0.15, 0.2) is 0 Å². The summed E-state index contributed by atoms with van der Waals surface area (Å²) < 4.78 is 0. The molecule has 0 radical (unpaired) electrons. The Morgan fingerprint density at radius 1 is 1.36 bits per heavy atom. The number of aliphatic hydroxyl groups is 1. The lowest BCUT2D eigenvalue weighted by Gasteiger charge is -2.15. The number of nitrogens with zero attached hydrogens (tertiary/aromatic N) is 1. The van der Waals surface area contributed by atoms with Crippen molar-refractivity contribution in [2.75, 3.05) is 26.2 Å². The normalized spacial score (nSPS) is 23.6. The SMILES string of the molecule is CC(C)CCCCN1CCC(CO)C1. The summed E-state index contributed by atoms with van der Waals surface area (Å²) in [4.78, 5) is 2.50. The number of rotatable bonds is 6. The van der Waals surface area contributed by atoms with Crippen molar-refractivity contribution < 1.29 is 5.11 Å². The first-order valence-electron chi connectivity index (χ1n) is 6.05. The van der Waals surface area contributed by atoms with E-state index in [0.29, 0.717) is 12.5 Å². The van der Waals surface area contributed by atoms with Crippen molar-refractivity contribution in [1.82, 2.24) is 4.90 Å². The van der Waals surface area contributed by atoms with Gasteiger partial charge in [-0.2, -0.15) is 0 Å². The van der Waals surface area contributed by atoms with E-state index in [1.807, 2.05) is 0 Å². The van der Waals surface area contributed by atoms with Gasteiger partial charge in [0.05, 0.1) is 0 Å². The largest absolute Gasteiger partial charge is 0.396 e. The molecule has 0 aromatic heterocycles. The van der Waals surface area contributed by atoms with Crippen LogP contribution in [-0.4, -0.2) is 36.2 Å². The Balaban J connectivity index is 1.97. The molecule has 1 heterocycles. The van der Waals surface area contributed by atoms with Crippen molar-refractivity contribution in [3.8, 4) is 0 Å². The molecular weight excluding hydrogens is 174 g/mol. The first kappa shape index (κ1) is 12.0. The molecule has 1 saturated heterocycles. The molecule has 0 aliphatic carbocycles. The second-order valence-electron chi connectivity index (χ2n) is 5.03. The fraction of sp³-hybridized carbons (Fsp3) is 1.00. The maximum atomic E-state index is 9.00. The molecule has 0 spiro atoms. The minimum Gasteiger partial charge on any atom is -0.396 e. The summed E-state index contributed by atoms with van der Waals surface area (Å²) in [6.45, 7) is 8.52. The summed E-state index contributed by atoms with van der Waals surface area (Å²) in [7, 11) is 0. The molecular formula is C12H25NO. The van der Waals surface area contributed by atoms with E-state index >= 15 is 0 Å². The highest BCUT2D eigenvalue weighted by molar-refractivity contribution is 4.74. The molecule has 0 bridgehead atoms. The Morgan fingerprint density at radius 2 is 2.14 bits per heavy atom. The maximum absolute atomic E-state index is 9.00. The third kappa shape index (κ3) is 4.43. The van der Waals surface area contributed by atoms with E-state index < -0.39 is 0 Å². The second kappa shape index (κ2) is 6.41. The number of likely N-dealkylation sites (tertiary alicyclic amines) is 1. The first-order chi connectivity index (χ1) is 6.72. The van der Waals surface area contributed by atoms with Gasteiger partial charge in [-0.05, 0) is 37.8 Å². The molecule has 14 heavy (non-hydrogen) atoms. The Morgan fingerprint density at radius 3 is 2.71 bits per heavy atom. The van der Waals surface area contributed by atoms with Crippen LogP contribution in [0.4, 0.5) is 0 Å². The lowest BCUT2D eigenvalue weighted by Crippen LogP contribution is -2.22. The van der Waals surface area contributed by atoms with Crippen LogP contribution in [0.25, 0.3) is 0 Å². The molecule has 0 amide bonds. The second-order valence-corrected chi connectivity index (χ2v) is 5.03. The van der Waals surface area contributed by atoms with Gasteiger partial charge in [0.2, 0.25) is 0 Å². The third-order valence-electron chi connectivity index (χ3n) is 3.13. The molecule has 1 aliphatic heterocycles. The van der Waals surface area contributed by atoms with Gasteiger partial charge in [-0.1, -0.05) is 26.7 Å². The smallest absolute Gasteiger partial charge is 0.0471 e. The third-order valence-corrected chi connectivity index (χ3v) is 3.13. The molecule has 1 unspecified atom stereocenters. The lowest BCUT2D eigenvalue weighted by molar-refractivity contribution is 0.220. The molecule has 0 saturated carbocycles. The zero-order valence-corrected chi connectivity index (χ0v) is 9.71. The van der Waals surface area contributed by atoms with Crippen LogP contribution in [0, 0.1) is 11.8 Å². The Kier molecular flexibility index (Phi) is 5.49. The van der Waals surface area contributed by atoms with Crippen molar-refractivity contribution in [3.05, 3.63) is 0 Å². The van der Waals surface area contributed by atoms with Gasteiger partial charge < -0.3 is 10.0 Å². The Labute approximate surface area is 88.3 Å². The monoisotopic (exact) mass is 199 g/mol. The minimum atomic E-state index is 0.377. The highest BCUT2D eigenvalue weighted by atomic mass is 16.3. The zero-order valence-electron chi connectivity index (χ0n) is 9.71. The standard InChI is InChI=1S/C12H25NO/c1-11(2)5-3-4-7-13-8-6-12(9-13)10-14/h11-12,14H,3-10H2,1-2H3. The summed E-state index contributed by atoms with van der Waals surface area (Å²) in [5.74, 6) is 1.40. The zero-order chi connectivity index (χ0) is 10.4. The summed E-state index contributed by atoms with van der Waals surface area (Å²) in [6.07, 6.45) is 5.24. The molecule has 1 aliphatic rings. The average Bonchev–Trinajstić information content (AvgIpc) is 2.60. The lowest BCUT2D eigenvalue weighted by atomic mass is 10.1. The van der Waals surface area contributed by atoms with Gasteiger partial charge in [-0.3, -0.25) is 0 Å². The molecule has 0 aromatic rings. The molecule has 1 rings (SSSR count). The van der Waals surface area contributed by atoms with Gasteiger partial charge in [-0.25, -0.2) is 0 Å². The van der Waals surface area contributed by atoms with E-state index in [1.54, 1.807) is 0 Å². The number of aliphatic hydroxyl groups excluding tert-OH is 1. The molecule has 84 valence electrons. The van der Waals surface area contributed by atoms with Crippen LogP contribution in [0.1, 0.15) is 39.5 Å². The summed E-state index contributed by atoms with van der Waals surface area (Å²) in [5.41, 5.74) is 0. The van der Waals surface area contributed by atoms with Crippen LogP contribution >= 0.6 is 0 Å². The van der Waals surface area contributed by atoms with Crippen LogP contribution in [0.2, 0.25) is 0 Å². The Bertz CT molecular complexity index is 147. The van der Waals surface area contributed by atoms with E-state index in [4.69, 9.17) is 5.11 Å². The fourth-order valence-electron chi connectivity index (χ4n) is 2.15. The van der Waals surface area contributed by atoms with Crippen molar-refractivity contribution in [1.29, 1.82) is 0 Å². The van der Waals surface area contributed by atoms with Gasteiger partial charge >= 0.3 is 0 Å². The van der Waals surface area contributed by atoms with Crippen molar-refractivity contribution in [3.63, 3.8) is 0 Å². The topological polar surface area (TPSA) is 23.5 Å². The van der Waals surface area contributed by atoms with Gasteiger partial charge in [0.15, 0.2) is 0 Å². The van der Waals surface area contributed by atoms with E-state index in [2.05, 4.69) is 18.7 Å². The summed E-state index contributed by atoms with van der Waals surface area (Å²) >= 11 is 0. The molecule has 0 aromatic carbocycles. The predicted octanol–water partition coefficient (Wildman–Crippen LogP) is 2.13. The first-order valence-corrected chi connectivity index (χ1v) is 6.05. The average molecular weight is 199 g/mol. The van der Waals surface area contributed by atoms with Gasteiger partial charge in [0.1, 0.15) is 0 Å². The van der Waals surface area contributed by atoms with Crippen LogP contribution in [0.5, 0.6) is 0 Å². The molecule has 1 N–H and O–H groups in total. The number of hydrogen-bond donors (Lipinski definition) is 1. The van der Waals surface area contributed by atoms with Crippen LogP contribution in [-0.2, 0) is 0 Å². The molecule has 2 heteroatoms. The van der Waals surface area contributed by atoms with Crippen molar-refractivity contribution >= 4 is 0 Å². The summed E-state index contributed by atoms with van der Waals surface area (Å²) in [5, 5.41) is 9.00. The van der Waals surface area contributed by atoms with E-state index in [0.717, 1.165) is 12.5 Å². The highest BCUT2D eigenvalue weighted by Crippen LogP contribution is 2.16. The number of hydrogen-bond acceptors (Lipinski definition) is 2. The number of unbranched alkanes of at least 4 members (excludes halogenated alkanes) is 1. The van der Waals surface area contributed by atoms with Gasteiger partial charge in [-0.15, -0.1) is 0 Å². The maximum Gasteiger partial charge on any atom is 0.0471 e. The van der Waals surface area contributed by atoms with E-state index in [1.165, 1.54) is 38.8 Å². The van der Waals surface area contributed by atoms with Crippen LogP contribution in [0.3, 0.4) is 0 Å². The fourth-order valence-corrected chi connectivity index (χ4v) is 2.15. The molecule has 1 atom stereocenters. The predicted molar refractivity (Wildman–Crippen MR) is 60.3 cm³/mol. The Hall–Kier alpha value is -0.0800. The minimum absolute atomic E-state index is 0.377. The van der Waals surface area contributed by atoms with Gasteiger partial charge in [0.25, 0.3) is 0 Å². The summed E-state index contributed by atoms with van der Waals surface area (Å²) in [6, 6.07) is 0. The molecule has 1 fully saturated rings.